The number of hydrogen-bond acceptors (Lipinski definition) is 4. The summed E-state index contributed by atoms with van der Waals surface area (Å²) < 4.78 is 10.7. The van der Waals surface area contributed by atoms with Crippen molar-refractivity contribution in [2.24, 2.45) is 0 Å². The monoisotopic (exact) mass is 290 g/mol. The summed E-state index contributed by atoms with van der Waals surface area (Å²) in [5.41, 5.74) is 1.13. The second kappa shape index (κ2) is 6.29. The highest BCUT2D eigenvalue weighted by Gasteiger charge is 2.53. The maximum Gasteiger partial charge on any atom is 0.320 e. The fourth-order valence-electron chi connectivity index (χ4n) is 3.13. The van der Waals surface area contributed by atoms with Crippen molar-refractivity contribution in [1.29, 1.82) is 0 Å². The minimum absolute atomic E-state index is 0.294. The van der Waals surface area contributed by atoms with E-state index in [1.165, 1.54) is 6.92 Å². The van der Waals surface area contributed by atoms with Gasteiger partial charge in [-0.05, 0) is 38.7 Å². The first-order chi connectivity index (χ1) is 10.0. The van der Waals surface area contributed by atoms with Crippen LogP contribution >= 0.6 is 0 Å². The molecule has 0 radical (unpaired) electrons. The van der Waals surface area contributed by atoms with E-state index in [9.17, 15) is 9.59 Å². The SMILES string of the molecule is CCOC(=O)C1(c2ccc(C)cc2)CCCC1OC(C)=O. The third-order valence-electron chi connectivity index (χ3n) is 4.10. The Labute approximate surface area is 125 Å². The molecule has 1 fully saturated rings. The zero-order chi connectivity index (χ0) is 15.5. The van der Waals surface area contributed by atoms with Gasteiger partial charge >= 0.3 is 11.9 Å². The van der Waals surface area contributed by atoms with Crippen molar-refractivity contribution in [2.45, 2.75) is 51.6 Å². The largest absolute Gasteiger partial charge is 0.465 e. The van der Waals surface area contributed by atoms with E-state index < -0.39 is 11.5 Å². The standard InChI is InChI=1S/C17H22O4/c1-4-20-16(19)17(14-9-7-12(2)8-10-14)11-5-6-15(17)21-13(3)18/h7-10,15H,4-6,11H2,1-3H3. The molecule has 2 rings (SSSR count). The van der Waals surface area contributed by atoms with Crippen molar-refractivity contribution >= 4 is 11.9 Å². The smallest absolute Gasteiger partial charge is 0.320 e. The Morgan fingerprint density at radius 3 is 2.52 bits per heavy atom. The van der Waals surface area contributed by atoms with Crippen molar-refractivity contribution in [2.75, 3.05) is 6.61 Å². The summed E-state index contributed by atoms with van der Waals surface area (Å²) in [6.07, 6.45) is 1.72. The Morgan fingerprint density at radius 2 is 1.95 bits per heavy atom. The molecule has 0 spiro atoms. The van der Waals surface area contributed by atoms with Gasteiger partial charge in [0.05, 0.1) is 6.61 Å². The maximum atomic E-state index is 12.6. The average molecular weight is 290 g/mol. The third kappa shape index (κ3) is 2.94. The van der Waals surface area contributed by atoms with E-state index in [4.69, 9.17) is 9.47 Å². The lowest BCUT2D eigenvalue weighted by molar-refractivity contribution is -0.161. The topological polar surface area (TPSA) is 52.6 Å². The summed E-state index contributed by atoms with van der Waals surface area (Å²) in [5, 5.41) is 0. The lowest BCUT2D eigenvalue weighted by atomic mass is 9.76. The molecule has 2 atom stereocenters. The molecule has 2 unspecified atom stereocenters. The van der Waals surface area contributed by atoms with Crippen LogP contribution in [0.4, 0.5) is 0 Å². The van der Waals surface area contributed by atoms with Gasteiger partial charge in [-0.2, -0.15) is 0 Å². The molecule has 1 aliphatic carbocycles. The number of aryl methyl sites for hydroxylation is 1. The van der Waals surface area contributed by atoms with E-state index in [-0.39, 0.29) is 11.9 Å². The van der Waals surface area contributed by atoms with Crippen LogP contribution in [-0.4, -0.2) is 24.6 Å². The Morgan fingerprint density at radius 1 is 1.29 bits per heavy atom. The lowest BCUT2D eigenvalue weighted by Gasteiger charge is -2.33. The van der Waals surface area contributed by atoms with Crippen molar-refractivity contribution < 1.29 is 19.1 Å². The van der Waals surface area contributed by atoms with Crippen LogP contribution in [0.25, 0.3) is 0 Å². The normalized spacial score (nSPS) is 24.6. The van der Waals surface area contributed by atoms with Gasteiger partial charge in [-0.3, -0.25) is 9.59 Å². The van der Waals surface area contributed by atoms with E-state index >= 15 is 0 Å². The molecule has 1 aliphatic rings. The number of benzene rings is 1. The highest BCUT2D eigenvalue weighted by atomic mass is 16.6. The van der Waals surface area contributed by atoms with Crippen molar-refractivity contribution in [3.05, 3.63) is 35.4 Å². The number of hydrogen-bond donors (Lipinski definition) is 0. The van der Waals surface area contributed by atoms with Gasteiger partial charge in [-0.15, -0.1) is 0 Å². The van der Waals surface area contributed by atoms with Gasteiger partial charge in [0.15, 0.2) is 0 Å². The molecule has 1 aromatic rings. The van der Waals surface area contributed by atoms with Crippen LogP contribution in [0.2, 0.25) is 0 Å². The molecule has 0 saturated heterocycles. The highest BCUT2D eigenvalue weighted by molar-refractivity contribution is 5.85. The zero-order valence-corrected chi connectivity index (χ0v) is 12.8. The first-order valence-electron chi connectivity index (χ1n) is 7.42. The molecule has 0 bridgehead atoms. The zero-order valence-electron chi connectivity index (χ0n) is 12.8. The summed E-state index contributed by atoms with van der Waals surface area (Å²) in [6, 6.07) is 7.82. The summed E-state index contributed by atoms with van der Waals surface area (Å²) in [4.78, 5) is 24.0. The molecule has 1 aromatic carbocycles. The van der Waals surface area contributed by atoms with Crippen LogP contribution in [-0.2, 0) is 24.5 Å². The van der Waals surface area contributed by atoms with Crippen molar-refractivity contribution in [1.82, 2.24) is 0 Å². The summed E-state index contributed by atoms with van der Waals surface area (Å²) in [6.45, 7) is 5.48. The minimum Gasteiger partial charge on any atom is -0.465 e. The highest BCUT2D eigenvalue weighted by Crippen LogP contribution is 2.44. The van der Waals surface area contributed by atoms with Crippen molar-refractivity contribution in [3.63, 3.8) is 0 Å². The molecule has 21 heavy (non-hydrogen) atoms. The van der Waals surface area contributed by atoms with Gasteiger partial charge < -0.3 is 9.47 Å². The summed E-state index contributed by atoms with van der Waals surface area (Å²) >= 11 is 0. The van der Waals surface area contributed by atoms with Gasteiger partial charge in [-0.25, -0.2) is 0 Å². The fourth-order valence-corrected chi connectivity index (χ4v) is 3.13. The summed E-state index contributed by atoms with van der Waals surface area (Å²) in [5.74, 6) is -0.653. The van der Waals surface area contributed by atoms with E-state index in [1.807, 2.05) is 31.2 Å². The van der Waals surface area contributed by atoms with Gasteiger partial charge in [0.2, 0.25) is 0 Å². The molecule has 0 aromatic heterocycles. The van der Waals surface area contributed by atoms with Crippen molar-refractivity contribution in [3.8, 4) is 0 Å². The Kier molecular flexibility index (Phi) is 4.66. The Bertz CT molecular complexity index is 520. The molecule has 0 amide bonds. The third-order valence-corrected chi connectivity index (χ3v) is 4.10. The number of carbonyl (C=O) groups is 2. The van der Waals surface area contributed by atoms with Gasteiger partial charge in [0, 0.05) is 6.92 Å². The first kappa shape index (κ1) is 15.5. The molecular weight excluding hydrogens is 268 g/mol. The molecule has 114 valence electrons. The molecule has 4 heteroatoms. The lowest BCUT2D eigenvalue weighted by Crippen LogP contribution is -2.46. The van der Waals surface area contributed by atoms with Crippen LogP contribution < -0.4 is 0 Å². The predicted molar refractivity (Wildman–Crippen MR) is 78.9 cm³/mol. The second-order valence-electron chi connectivity index (χ2n) is 5.55. The Balaban J connectivity index is 2.45. The van der Waals surface area contributed by atoms with Gasteiger partial charge in [0.25, 0.3) is 0 Å². The number of rotatable bonds is 4. The molecule has 0 aliphatic heterocycles. The van der Waals surface area contributed by atoms with Crippen LogP contribution in [0.15, 0.2) is 24.3 Å². The van der Waals surface area contributed by atoms with E-state index in [0.29, 0.717) is 19.4 Å². The number of carbonyl (C=O) groups excluding carboxylic acids is 2. The molecule has 4 nitrogen and oxygen atoms in total. The number of ether oxygens (including phenoxy) is 2. The van der Waals surface area contributed by atoms with E-state index in [0.717, 1.165) is 17.5 Å². The predicted octanol–water partition coefficient (Wildman–Crippen LogP) is 2.91. The second-order valence-corrected chi connectivity index (χ2v) is 5.55. The van der Waals surface area contributed by atoms with E-state index in [2.05, 4.69) is 0 Å². The average Bonchev–Trinajstić information content (AvgIpc) is 2.83. The fraction of sp³-hybridized carbons (Fsp3) is 0.529. The minimum atomic E-state index is -0.866. The van der Waals surface area contributed by atoms with Gasteiger partial charge in [0.1, 0.15) is 11.5 Å². The first-order valence-corrected chi connectivity index (χ1v) is 7.42. The molecular formula is C17H22O4. The maximum absolute atomic E-state index is 12.6. The van der Waals surface area contributed by atoms with Crippen LogP contribution in [0.3, 0.4) is 0 Å². The summed E-state index contributed by atoms with van der Waals surface area (Å²) in [7, 11) is 0. The van der Waals surface area contributed by atoms with Crippen LogP contribution in [0, 0.1) is 6.92 Å². The molecule has 0 heterocycles. The van der Waals surface area contributed by atoms with Crippen LogP contribution in [0.1, 0.15) is 44.2 Å². The van der Waals surface area contributed by atoms with Gasteiger partial charge in [-0.1, -0.05) is 29.8 Å². The van der Waals surface area contributed by atoms with Crippen LogP contribution in [0.5, 0.6) is 0 Å². The Hall–Kier alpha value is -1.84. The van der Waals surface area contributed by atoms with E-state index in [1.54, 1.807) is 6.92 Å². The molecule has 1 saturated carbocycles. The molecule has 0 N–H and O–H groups in total. The number of esters is 2. The quantitative estimate of drug-likeness (QED) is 0.800.